The number of hydrogen-bond donors (Lipinski definition) is 2. The van der Waals surface area contributed by atoms with Crippen molar-refractivity contribution < 1.29 is 23.8 Å². The third-order valence-corrected chi connectivity index (χ3v) is 3.90. The molecule has 0 aromatic heterocycles. The number of aliphatic hydroxyl groups is 1. The maximum Gasteiger partial charge on any atom is 0.319 e. The molecule has 1 amide bonds. The Morgan fingerprint density at radius 2 is 2.13 bits per heavy atom. The molecule has 1 aliphatic rings. The van der Waals surface area contributed by atoms with Crippen molar-refractivity contribution in [3.63, 3.8) is 0 Å². The maximum atomic E-state index is 12.9. The minimum Gasteiger partial charge on any atom is -0.468 e. The highest BCUT2D eigenvalue weighted by molar-refractivity contribution is 5.86. The Labute approximate surface area is 134 Å². The molecule has 1 atom stereocenters. The van der Waals surface area contributed by atoms with Crippen LogP contribution in [0.1, 0.15) is 18.4 Å². The zero-order valence-electron chi connectivity index (χ0n) is 13.0. The van der Waals surface area contributed by atoms with E-state index in [-0.39, 0.29) is 24.8 Å². The molecule has 126 valence electrons. The van der Waals surface area contributed by atoms with Crippen LogP contribution in [0.4, 0.5) is 4.39 Å². The number of carbonyl (C=O) groups is 2. The highest BCUT2D eigenvalue weighted by Crippen LogP contribution is 2.23. The van der Waals surface area contributed by atoms with Crippen LogP contribution in [-0.4, -0.2) is 54.2 Å². The first-order valence-corrected chi connectivity index (χ1v) is 7.48. The Balaban J connectivity index is 1.96. The van der Waals surface area contributed by atoms with Gasteiger partial charge in [-0.25, -0.2) is 4.39 Å². The Morgan fingerprint density at radius 1 is 1.43 bits per heavy atom. The van der Waals surface area contributed by atoms with Crippen molar-refractivity contribution >= 4 is 11.9 Å². The number of nitrogens with zero attached hydrogens (tertiary/aromatic N) is 1. The van der Waals surface area contributed by atoms with E-state index in [0.29, 0.717) is 25.9 Å². The van der Waals surface area contributed by atoms with Crippen molar-refractivity contribution in [1.29, 1.82) is 0 Å². The number of amides is 1. The lowest BCUT2D eigenvalue weighted by atomic mass is 9.91. The van der Waals surface area contributed by atoms with Crippen LogP contribution in [-0.2, 0) is 20.9 Å². The second kappa shape index (κ2) is 7.52. The summed E-state index contributed by atoms with van der Waals surface area (Å²) in [5, 5.41) is 13.3. The lowest BCUT2D eigenvalue weighted by Crippen LogP contribution is -2.58. The third kappa shape index (κ3) is 4.49. The summed E-state index contributed by atoms with van der Waals surface area (Å²) in [5.41, 5.74) is -0.738. The van der Waals surface area contributed by atoms with Gasteiger partial charge in [0.15, 0.2) is 5.60 Å². The van der Waals surface area contributed by atoms with Gasteiger partial charge in [-0.1, -0.05) is 12.1 Å². The van der Waals surface area contributed by atoms with Crippen LogP contribution in [0.15, 0.2) is 24.3 Å². The average Bonchev–Trinajstić information content (AvgIpc) is 2.54. The first-order valence-electron chi connectivity index (χ1n) is 7.48. The SMILES string of the molecule is COC(=O)CNC[C@@]1(O)CCCN(Cc2ccc(F)cc2)C1=O. The number of methoxy groups -OCH3 is 1. The van der Waals surface area contributed by atoms with Crippen LogP contribution in [0.3, 0.4) is 0 Å². The van der Waals surface area contributed by atoms with Crippen LogP contribution < -0.4 is 5.32 Å². The fourth-order valence-electron chi connectivity index (χ4n) is 2.63. The van der Waals surface area contributed by atoms with Gasteiger partial charge in [-0.15, -0.1) is 0 Å². The monoisotopic (exact) mass is 324 g/mol. The van der Waals surface area contributed by atoms with Crippen molar-refractivity contribution in [1.82, 2.24) is 10.2 Å². The smallest absolute Gasteiger partial charge is 0.319 e. The lowest BCUT2D eigenvalue weighted by molar-refractivity contribution is -0.157. The number of ether oxygens (including phenoxy) is 1. The van der Waals surface area contributed by atoms with Crippen LogP contribution in [0.5, 0.6) is 0 Å². The molecule has 1 saturated heterocycles. The Kier molecular flexibility index (Phi) is 5.68. The lowest BCUT2D eigenvalue weighted by Gasteiger charge is -2.38. The summed E-state index contributed by atoms with van der Waals surface area (Å²) in [6.07, 6.45) is 0.989. The molecule has 2 rings (SSSR count). The highest BCUT2D eigenvalue weighted by atomic mass is 19.1. The predicted octanol–water partition coefficient (Wildman–Crippen LogP) is 0.442. The Hall–Kier alpha value is -1.99. The number of likely N-dealkylation sites (tertiary alicyclic amines) is 1. The molecule has 6 nitrogen and oxygen atoms in total. The maximum absolute atomic E-state index is 12.9. The van der Waals surface area contributed by atoms with Crippen molar-refractivity contribution in [2.24, 2.45) is 0 Å². The van der Waals surface area contributed by atoms with Crippen molar-refractivity contribution in [3.8, 4) is 0 Å². The van der Waals surface area contributed by atoms with Gasteiger partial charge < -0.3 is 20.1 Å². The second-order valence-corrected chi connectivity index (χ2v) is 5.67. The molecular weight excluding hydrogens is 303 g/mol. The molecule has 0 unspecified atom stereocenters. The van der Waals surface area contributed by atoms with E-state index in [0.717, 1.165) is 5.56 Å². The predicted molar refractivity (Wildman–Crippen MR) is 80.9 cm³/mol. The molecule has 0 aliphatic carbocycles. The standard InChI is InChI=1S/C16H21FN2O4/c1-23-14(20)9-18-11-16(22)7-2-8-19(15(16)21)10-12-3-5-13(17)6-4-12/h3-6,18,22H,2,7-11H2,1H3/t16-/m0/s1. The third-order valence-electron chi connectivity index (χ3n) is 3.90. The van der Waals surface area contributed by atoms with Crippen LogP contribution >= 0.6 is 0 Å². The number of esters is 1. The molecule has 2 N–H and O–H groups in total. The zero-order valence-corrected chi connectivity index (χ0v) is 13.0. The van der Waals surface area contributed by atoms with Gasteiger partial charge in [0.2, 0.25) is 0 Å². The zero-order chi connectivity index (χ0) is 16.9. The van der Waals surface area contributed by atoms with Gasteiger partial charge in [-0.05, 0) is 30.5 Å². The van der Waals surface area contributed by atoms with E-state index in [1.807, 2.05) is 0 Å². The molecule has 1 fully saturated rings. The molecule has 7 heteroatoms. The van der Waals surface area contributed by atoms with Gasteiger partial charge in [-0.3, -0.25) is 9.59 Å². The van der Waals surface area contributed by atoms with Crippen LogP contribution in [0.2, 0.25) is 0 Å². The minimum absolute atomic E-state index is 0.0130. The van der Waals surface area contributed by atoms with Gasteiger partial charge in [0.1, 0.15) is 5.82 Å². The van der Waals surface area contributed by atoms with Crippen molar-refractivity contribution in [2.45, 2.75) is 25.0 Å². The van der Waals surface area contributed by atoms with Crippen LogP contribution in [0.25, 0.3) is 0 Å². The molecule has 1 heterocycles. The fourth-order valence-corrected chi connectivity index (χ4v) is 2.63. The molecule has 0 bridgehead atoms. The van der Waals surface area contributed by atoms with Gasteiger partial charge in [0, 0.05) is 19.6 Å². The molecule has 0 spiro atoms. The van der Waals surface area contributed by atoms with Gasteiger partial charge in [0.25, 0.3) is 5.91 Å². The number of carbonyl (C=O) groups excluding carboxylic acids is 2. The Bertz CT molecular complexity index is 564. The number of nitrogens with one attached hydrogen (secondary N) is 1. The highest BCUT2D eigenvalue weighted by Gasteiger charge is 2.41. The summed E-state index contributed by atoms with van der Waals surface area (Å²) in [5.74, 6) is -1.17. The number of rotatable bonds is 6. The van der Waals surface area contributed by atoms with E-state index in [2.05, 4.69) is 10.1 Å². The molecule has 1 aromatic rings. The summed E-state index contributed by atoms with van der Waals surface area (Å²) < 4.78 is 17.4. The van der Waals surface area contributed by atoms with Crippen LogP contribution in [0, 0.1) is 5.82 Å². The summed E-state index contributed by atoms with van der Waals surface area (Å²) in [6, 6.07) is 5.92. The normalized spacial score (nSPS) is 21.3. The number of hydrogen-bond acceptors (Lipinski definition) is 5. The number of piperidine rings is 1. The summed E-state index contributed by atoms with van der Waals surface area (Å²) in [4.78, 5) is 25.1. The van der Waals surface area contributed by atoms with E-state index >= 15 is 0 Å². The quantitative estimate of drug-likeness (QED) is 0.743. The molecular formula is C16H21FN2O4. The van der Waals surface area contributed by atoms with Crippen molar-refractivity contribution in [2.75, 3.05) is 26.7 Å². The van der Waals surface area contributed by atoms with Gasteiger partial charge >= 0.3 is 5.97 Å². The molecule has 0 saturated carbocycles. The summed E-state index contributed by atoms with van der Waals surface area (Å²) in [7, 11) is 1.27. The molecule has 1 aliphatic heterocycles. The van der Waals surface area contributed by atoms with E-state index in [1.54, 1.807) is 17.0 Å². The molecule has 23 heavy (non-hydrogen) atoms. The summed E-state index contributed by atoms with van der Waals surface area (Å²) in [6.45, 7) is 0.777. The van der Waals surface area contributed by atoms with Crippen molar-refractivity contribution in [3.05, 3.63) is 35.6 Å². The largest absolute Gasteiger partial charge is 0.468 e. The van der Waals surface area contributed by atoms with E-state index in [4.69, 9.17) is 0 Å². The average molecular weight is 324 g/mol. The molecule has 0 radical (unpaired) electrons. The second-order valence-electron chi connectivity index (χ2n) is 5.67. The minimum atomic E-state index is -1.54. The topological polar surface area (TPSA) is 78.9 Å². The number of benzene rings is 1. The van der Waals surface area contributed by atoms with E-state index in [1.165, 1.54) is 19.2 Å². The van der Waals surface area contributed by atoms with E-state index in [9.17, 15) is 19.1 Å². The Morgan fingerprint density at radius 3 is 2.78 bits per heavy atom. The number of halogens is 1. The molecule has 1 aromatic carbocycles. The summed E-state index contributed by atoms with van der Waals surface area (Å²) >= 11 is 0. The van der Waals surface area contributed by atoms with E-state index < -0.39 is 11.6 Å². The fraction of sp³-hybridized carbons (Fsp3) is 0.500. The first kappa shape index (κ1) is 17.4. The first-order chi connectivity index (χ1) is 10.9. The van der Waals surface area contributed by atoms with Gasteiger partial charge in [0.05, 0.1) is 13.7 Å². The van der Waals surface area contributed by atoms with Gasteiger partial charge in [-0.2, -0.15) is 0 Å².